The maximum Gasteiger partial charge on any atom is 0.313 e. The van der Waals surface area contributed by atoms with Crippen LogP contribution in [0, 0.1) is 17.0 Å². The van der Waals surface area contributed by atoms with Gasteiger partial charge < -0.3 is 4.74 Å². The average molecular weight is 399 g/mol. The fraction of sp³-hybridized carbons (Fsp3) is 0.238. The lowest BCUT2D eigenvalue weighted by Gasteiger charge is -2.16. The smallest absolute Gasteiger partial charge is 0.313 e. The molecule has 0 fully saturated rings. The Morgan fingerprint density at radius 1 is 1.10 bits per heavy atom. The molecular weight excluding hydrogens is 380 g/mol. The Labute approximate surface area is 166 Å². The summed E-state index contributed by atoms with van der Waals surface area (Å²) in [5.74, 6) is -1.85. The number of benzene rings is 2. The summed E-state index contributed by atoms with van der Waals surface area (Å²) in [6.45, 7) is 5.18. The lowest BCUT2D eigenvalue weighted by molar-refractivity contribution is -0.157. The molecule has 0 unspecified atom stereocenters. The zero-order chi connectivity index (χ0) is 21.2. The van der Waals surface area contributed by atoms with Crippen molar-refractivity contribution >= 4 is 12.3 Å². The molecule has 150 valence electrons. The topological polar surface area (TPSA) is 74.1 Å². The third-order valence-electron chi connectivity index (χ3n) is 4.13. The van der Waals surface area contributed by atoms with Crippen molar-refractivity contribution < 1.29 is 23.1 Å². The lowest BCUT2D eigenvalue weighted by atomic mass is 9.98. The van der Waals surface area contributed by atoms with Gasteiger partial charge in [0.15, 0.2) is 18.8 Å². The molecule has 0 spiro atoms. The Hall–Kier alpha value is -3.42. The van der Waals surface area contributed by atoms with Gasteiger partial charge in [-0.05, 0) is 50.1 Å². The van der Waals surface area contributed by atoms with E-state index in [4.69, 9.17) is 4.74 Å². The van der Waals surface area contributed by atoms with Crippen molar-refractivity contribution in [2.45, 2.75) is 27.5 Å². The number of ether oxygens (including phenoxy) is 1. The average Bonchev–Trinajstić information content (AvgIpc) is 3.14. The number of nitrogens with zero attached hydrogens (tertiary/aromatic N) is 3. The number of halogens is 2. The first-order chi connectivity index (χ1) is 13.7. The molecule has 0 aliphatic heterocycles. The van der Waals surface area contributed by atoms with Gasteiger partial charge in [0.1, 0.15) is 18.0 Å². The molecule has 8 heteroatoms. The van der Waals surface area contributed by atoms with Gasteiger partial charge in [0.05, 0.1) is 11.0 Å². The van der Waals surface area contributed by atoms with Gasteiger partial charge in [-0.1, -0.05) is 18.2 Å². The number of hydrogen-bond donors (Lipinski definition) is 0. The summed E-state index contributed by atoms with van der Waals surface area (Å²) in [5, 5.41) is 4.27. The minimum Gasteiger partial charge on any atom is -0.442 e. The van der Waals surface area contributed by atoms with Crippen LogP contribution in [0.4, 0.5) is 8.78 Å². The predicted octanol–water partition coefficient (Wildman–Crippen LogP) is 4.25. The molecule has 0 aliphatic carbocycles. The van der Waals surface area contributed by atoms with E-state index in [-0.39, 0.29) is 24.5 Å². The van der Waals surface area contributed by atoms with Gasteiger partial charge in [-0.3, -0.25) is 9.59 Å². The Balaban J connectivity index is 1.83. The number of rotatable bonds is 5. The van der Waals surface area contributed by atoms with E-state index in [0.717, 1.165) is 12.1 Å². The van der Waals surface area contributed by atoms with Crippen molar-refractivity contribution in [3.05, 3.63) is 59.9 Å². The molecule has 0 amide bonds. The van der Waals surface area contributed by atoms with Crippen molar-refractivity contribution in [1.29, 1.82) is 0 Å². The number of esters is 1. The van der Waals surface area contributed by atoms with E-state index in [1.165, 1.54) is 11.0 Å². The first-order valence-electron chi connectivity index (χ1n) is 8.81. The van der Waals surface area contributed by atoms with E-state index >= 15 is 0 Å². The van der Waals surface area contributed by atoms with Crippen LogP contribution in [0.3, 0.4) is 0 Å². The second-order valence-electron chi connectivity index (χ2n) is 7.47. The molecule has 0 atom stereocenters. The SMILES string of the molecule is CC(C)(C)C(=O)OCn1cnc(-c2cccc(-c3cc(F)c(C=O)c(F)c3)c2)n1. The van der Waals surface area contributed by atoms with E-state index in [9.17, 15) is 18.4 Å². The van der Waals surface area contributed by atoms with E-state index in [1.807, 2.05) is 0 Å². The summed E-state index contributed by atoms with van der Waals surface area (Å²) in [4.78, 5) is 26.8. The molecule has 29 heavy (non-hydrogen) atoms. The molecule has 0 aliphatic rings. The van der Waals surface area contributed by atoms with Crippen LogP contribution >= 0.6 is 0 Å². The number of aldehydes is 1. The summed E-state index contributed by atoms with van der Waals surface area (Å²) in [5.41, 5.74) is 0.208. The molecule has 3 aromatic rings. The highest BCUT2D eigenvalue weighted by Crippen LogP contribution is 2.27. The van der Waals surface area contributed by atoms with Crippen LogP contribution in [-0.2, 0) is 16.3 Å². The monoisotopic (exact) mass is 399 g/mol. The third kappa shape index (κ3) is 4.53. The zero-order valence-corrected chi connectivity index (χ0v) is 16.1. The van der Waals surface area contributed by atoms with Crippen molar-refractivity contribution in [3.8, 4) is 22.5 Å². The van der Waals surface area contributed by atoms with E-state index in [2.05, 4.69) is 10.1 Å². The second kappa shape index (κ2) is 7.90. The van der Waals surface area contributed by atoms with Crippen LogP contribution in [0.1, 0.15) is 31.1 Å². The molecule has 1 aromatic heterocycles. The first kappa shape index (κ1) is 20.3. The predicted molar refractivity (Wildman–Crippen MR) is 102 cm³/mol. The Morgan fingerprint density at radius 3 is 2.38 bits per heavy atom. The van der Waals surface area contributed by atoms with Crippen molar-refractivity contribution in [1.82, 2.24) is 14.8 Å². The van der Waals surface area contributed by atoms with Crippen LogP contribution in [0.25, 0.3) is 22.5 Å². The van der Waals surface area contributed by atoms with Crippen LogP contribution in [0.15, 0.2) is 42.7 Å². The van der Waals surface area contributed by atoms with Gasteiger partial charge in [-0.25, -0.2) is 18.4 Å². The largest absolute Gasteiger partial charge is 0.442 e. The van der Waals surface area contributed by atoms with Crippen molar-refractivity contribution in [2.24, 2.45) is 5.41 Å². The van der Waals surface area contributed by atoms with Crippen molar-refractivity contribution in [3.63, 3.8) is 0 Å². The maximum atomic E-state index is 13.9. The second-order valence-corrected chi connectivity index (χ2v) is 7.47. The normalized spacial score (nSPS) is 11.3. The minimum absolute atomic E-state index is 0.0770. The van der Waals surface area contributed by atoms with Gasteiger partial charge in [0.25, 0.3) is 0 Å². The summed E-state index contributed by atoms with van der Waals surface area (Å²) < 4.78 is 34.4. The van der Waals surface area contributed by atoms with E-state index in [0.29, 0.717) is 17.0 Å². The number of aromatic nitrogens is 3. The van der Waals surface area contributed by atoms with Crippen LogP contribution in [-0.4, -0.2) is 27.0 Å². The maximum absolute atomic E-state index is 13.9. The van der Waals surface area contributed by atoms with Gasteiger partial charge in [-0.15, -0.1) is 5.10 Å². The Kier molecular flexibility index (Phi) is 5.54. The molecule has 2 aromatic carbocycles. The quantitative estimate of drug-likeness (QED) is 0.474. The zero-order valence-electron chi connectivity index (χ0n) is 16.1. The fourth-order valence-electron chi connectivity index (χ4n) is 2.53. The molecule has 0 bridgehead atoms. The molecule has 0 saturated carbocycles. The highest BCUT2D eigenvalue weighted by atomic mass is 19.1. The minimum atomic E-state index is -0.927. The summed E-state index contributed by atoms with van der Waals surface area (Å²) >= 11 is 0. The molecule has 6 nitrogen and oxygen atoms in total. The van der Waals surface area contributed by atoms with Crippen LogP contribution in [0.2, 0.25) is 0 Å². The fourth-order valence-corrected chi connectivity index (χ4v) is 2.53. The van der Waals surface area contributed by atoms with Crippen LogP contribution < -0.4 is 0 Å². The Bertz CT molecular complexity index is 1050. The van der Waals surface area contributed by atoms with Gasteiger partial charge in [0.2, 0.25) is 0 Å². The molecular formula is C21H19F2N3O3. The molecule has 3 rings (SSSR count). The number of hydrogen-bond acceptors (Lipinski definition) is 5. The standard InChI is InChI=1S/C21H19F2N3O3/c1-21(2,3)20(28)29-12-26-11-24-19(25-26)14-6-4-5-13(7-14)15-8-17(22)16(10-27)18(23)9-15/h4-11H,12H2,1-3H3. The van der Waals surface area contributed by atoms with Gasteiger partial charge in [-0.2, -0.15) is 0 Å². The summed E-state index contributed by atoms with van der Waals surface area (Å²) in [7, 11) is 0. The highest BCUT2D eigenvalue weighted by molar-refractivity contribution is 5.79. The van der Waals surface area contributed by atoms with Crippen molar-refractivity contribution in [2.75, 3.05) is 0 Å². The van der Waals surface area contributed by atoms with Gasteiger partial charge >= 0.3 is 5.97 Å². The molecule has 0 saturated heterocycles. The van der Waals surface area contributed by atoms with Gasteiger partial charge in [0, 0.05) is 5.56 Å². The molecule has 0 N–H and O–H groups in total. The first-order valence-corrected chi connectivity index (χ1v) is 8.81. The lowest BCUT2D eigenvalue weighted by Crippen LogP contribution is -2.24. The molecule has 1 heterocycles. The van der Waals surface area contributed by atoms with E-state index in [1.54, 1.807) is 45.0 Å². The summed E-state index contributed by atoms with van der Waals surface area (Å²) in [6, 6.07) is 9.01. The highest BCUT2D eigenvalue weighted by Gasteiger charge is 2.23. The number of carbonyl (C=O) groups excluding carboxylic acids is 2. The third-order valence-corrected chi connectivity index (χ3v) is 4.13. The number of carbonyl (C=O) groups is 2. The Morgan fingerprint density at radius 2 is 1.76 bits per heavy atom. The van der Waals surface area contributed by atoms with E-state index < -0.39 is 22.6 Å². The molecule has 0 radical (unpaired) electrons. The summed E-state index contributed by atoms with van der Waals surface area (Å²) in [6.07, 6.45) is 1.57. The van der Waals surface area contributed by atoms with Crippen LogP contribution in [0.5, 0.6) is 0 Å².